The maximum absolute atomic E-state index is 14.4. The summed E-state index contributed by atoms with van der Waals surface area (Å²) in [6.07, 6.45) is -0.683. The van der Waals surface area contributed by atoms with Crippen molar-refractivity contribution in [3.05, 3.63) is 70.4 Å². The van der Waals surface area contributed by atoms with E-state index >= 15 is 0 Å². The maximum Gasteiger partial charge on any atom is 0.416 e. The normalized spacial score (nSPS) is 23.3. The summed E-state index contributed by atoms with van der Waals surface area (Å²) < 4.78 is 62.6. The van der Waals surface area contributed by atoms with Gasteiger partial charge in [0.1, 0.15) is 6.04 Å². The summed E-state index contributed by atoms with van der Waals surface area (Å²) in [6, 6.07) is 6.52. The van der Waals surface area contributed by atoms with E-state index in [1.807, 2.05) is 13.0 Å². The van der Waals surface area contributed by atoms with Crippen LogP contribution in [0.5, 0.6) is 0 Å². The Morgan fingerprint density at radius 3 is 2.47 bits per heavy atom. The van der Waals surface area contributed by atoms with Gasteiger partial charge < -0.3 is 5.32 Å². The fourth-order valence-electron chi connectivity index (χ4n) is 6.19. The highest BCUT2D eigenvalue weighted by atomic mass is 32.3. The molecule has 228 valence electrons. The van der Waals surface area contributed by atoms with Crippen molar-refractivity contribution in [3.63, 3.8) is 0 Å². The molecule has 1 fully saturated rings. The van der Waals surface area contributed by atoms with Crippen molar-refractivity contribution < 1.29 is 36.7 Å². The molecule has 1 saturated carbocycles. The summed E-state index contributed by atoms with van der Waals surface area (Å²) in [6.45, 7) is 1.96. The van der Waals surface area contributed by atoms with Gasteiger partial charge in [0.05, 0.1) is 27.8 Å². The van der Waals surface area contributed by atoms with Gasteiger partial charge in [0.25, 0.3) is 0 Å². The Morgan fingerprint density at radius 2 is 1.84 bits per heavy atom. The lowest BCUT2D eigenvalue weighted by molar-refractivity contribution is -0.137. The predicted octanol–water partition coefficient (Wildman–Crippen LogP) is 7.20. The molecule has 0 bridgehead atoms. The minimum Gasteiger partial charge on any atom is -0.335 e. The third kappa shape index (κ3) is 5.74. The summed E-state index contributed by atoms with van der Waals surface area (Å²) in [4.78, 5) is 43.8. The van der Waals surface area contributed by atoms with E-state index in [4.69, 9.17) is 0 Å². The van der Waals surface area contributed by atoms with Gasteiger partial charge in [-0.15, -0.1) is 0 Å². The highest BCUT2D eigenvalue weighted by Crippen LogP contribution is 2.52. The molecule has 2 aromatic carbocycles. The molecular formula is C30H31F3N4O5S. The number of carbonyl (C=O) groups excluding carboxylic acids is 3. The summed E-state index contributed by atoms with van der Waals surface area (Å²) >= 11 is 0. The van der Waals surface area contributed by atoms with Gasteiger partial charge in [-0.2, -0.15) is 29.0 Å². The number of alkyl halides is 3. The van der Waals surface area contributed by atoms with Crippen molar-refractivity contribution >= 4 is 34.1 Å². The maximum atomic E-state index is 14.4. The molecule has 2 aromatic rings. The lowest BCUT2D eigenvalue weighted by Gasteiger charge is -2.45. The number of anilines is 1. The van der Waals surface area contributed by atoms with Crippen molar-refractivity contribution in [2.24, 2.45) is 5.92 Å². The van der Waals surface area contributed by atoms with Crippen LogP contribution in [0.25, 0.3) is 0 Å². The van der Waals surface area contributed by atoms with E-state index in [1.165, 1.54) is 24.3 Å². The third-order valence-corrected chi connectivity index (χ3v) is 9.49. The van der Waals surface area contributed by atoms with Crippen molar-refractivity contribution in [3.8, 4) is 6.07 Å². The van der Waals surface area contributed by atoms with Gasteiger partial charge in [-0.3, -0.25) is 18.8 Å². The molecule has 2 aliphatic carbocycles. The van der Waals surface area contributed by atoms with Gasteiger partial charge in [-0.1, -0.05) is 25.5 Å². The van der Waals surface area contributed by atoms with Gasteiger partial charge >= 0.3 is 18.2 Å². The van der Waals surface area contributed by atoms with E-state index in [0.29, 0.717) is 12.8 Å². The van der Waals surface area contributed by atoms with E-state index in [9.17, 15) is 41.9 Å². The monoisotopic (exact) mass is 616 g/mol. The second-order valence-corrected chi connectivity index (χ2v) is 13.3. The van der Waals surface area contributed by atoms with Crippen LogP contribution in [0.4, 0.5) is 28.4 Å². The number of ketones is 1. The van der Waals surface area contributed by atoms with Crippen molar-refractivity contribution in [2.75, 3.05) is 11.2 Å². The molecule has 3 atom stereocenters. The summed E-state index contributed by atoms with van der Waals surface area (Å²) in [5.74, 6) is -0.327. The number of hydrogen-bond acceptors (Lipinski definition) is 6. The summed E-state index contributed by atoms with van der Waals surface area (Å²) in [5, 5.41) is 12.4. The van der Waals surface area contributed by atoms with Crippen LogP contribution in [-0.2, 0) is 11.0 Å². The zero-order chi connectivity index (χ0) is 31.3. The Balaban J connectivity index is 1.77. The molecule has 43 heavy (non-hydrogen) atoms. The van der Waals surface area contributed by atoms with Gasteiger partial charge in [0, 0.05) is 35.6 Å². The fourth-order valence-corrected chi connectivity index (χ4v) is 7.17. The number of carbonyl (C=O) groups is 3. The van der Waals surface area contributed by atoms with Crippen LogP contribution in [-0.4, -0.2) is 44.1 Å². The molecular weight excluding hydrogens is 585 g/mol. The van der Waals surface area contributed by atoms with Crippen LogP contribution in [0.1, 0.15) is 68.2 Å². The minimum atomic E-state index is -4.71. The van der Waals surface area contributed by atoms with Crippen LogP contribution < -0.4 is 10.2 Å². The zero-order valence-electron chi connectivity index (χ0n) is 23.5. The quantitative estimate of drug-likeness (QED) is 0.333. The average molecular weight is 617 g/mol. The summed E-state index contributed by atoms with van der Waals surface area (Å²) in [5.41, 5.74) is -0.856. The number of hydrogen-bond donors (Lipinski definition) is 3. The minimum absolute atomic E-state index is 0.00693. The van der Waals surface area contributed by atoms with Crippen molar-refractivity contribution in [2.45, 2.75) is 68.6 Å². The number of halogens is 3. The first-order valence-electron chi connectivity index (χ1n) is 13.9. The number of urea groups is 2. The number of benzene rings is 2. The number of amides is 4. The Kier molecular flexibility index (Phi) is 8.06. The molecule has 1 aliphatic heterocycles. The SMILES string of the molecule is C[C@H]1CCCC1NC(=O)N1C(=O)N(c2cccc(C(F)(F)F)c2)C2=C(C(=O)CCC2)[C@H]1c1ccc(C#N)cc1S(C)(O)O. The van der Waals surface area contributed by atoms with E-state index in [-0.39, 0.29) is 57.8 Å². The van der Waals surface area contributed by atoms with Gasteiger partial charge in [-0.05, 0) is 61.9 Å². The van der Waals surface area contributed by atoms with Crippen LogP contribution >= 0.6 is 10.6 Å². The molecule has 0 aromatic heterocycles. The number of rotatable bonds is 4. The first-order valence-corrected chi connectivity index (χ1v) is 15.8. The Morgan fingerprint density at radius 1 is 1.09 bits per heavy atom. The number of Topliss-reactive ketones (excluding diaryl/α,β-unsaturated/α-hetero) is 1. The second kappa shape index (κ2) is 11.3. The Labute approximate surface area is 248 Å². The molecule has 4 amide bonds. The standard InChI is InChI=1S/C30H31F3N4O5S/c1-17-6-3-9-22(17)35-28(39)37-27(21-13-12-18(16-34)14-25(21)43(2,41)42)26-23(10-5-11-24(26)38)36(29(37)40)20-8-4-7-19(15-20)30(31,32)33/h4,7-8,12-15,17,22,27,41-42H,3,5-6,9-11H2,1-2H3,(H,35,39)/t17-,22?,27+/m0/s1. The zero-order valence-corrected chi connectivity index (χ0v) is 24.3. The average Bonchev–Trinajstić information content (AvgIpc) is 3.35. The molecule has 0 saturated heterocycles. The molecule has 9 nitrogen and oxygen atoms in total. The van der Waals surface area contributed by atoms with Crippen LogP contribution in [0, 0.1) is 17.2 Å². The highest BCUT2D eigenvalue weighted by Gasteiger charge is 2.49. The smallest absolute Gasteiger partial charge is 0.335 e. The molecule has 0 radical (unpaired) electrons. The van der Waals surface area contributed by atoms with E-state index < -0.39 is 46.2 Å². The molecule has 3 aliphatic rings. The molecule has 3 N–H and O–H groups in total. The first kappa shape index (κ1) is 30.6. The molecule has 13 heteroatoms. The lowest BCUT2D eigenvalue weighted by atomic mass is 9.83. The van der Waals surface area contributed by atoms with E-state index in [1.54, 1.807) is 0 Å². The molecule has 1 unspecified atom stereocenters. The summed E-state index contributed by atoms with van der Waals surface area (Å²) in [7, 11) is -3.55. The molecule has 5 rings (SSSR count). The topological polar surface area (TPSA) is 134 Å². The number of imide groups is 1. The van der Waals surface area contributed by atoms with Crippen molar-refractivity contribution in [1.29, 1.82) is 5.26 Å². The number of nitriles is 1. The van der Waals surface area contributed by atoms with Gasteiger partial charge in [-0.25, -0.2) is 14.5 Å². The van der Waals surface area contributed by atoms with E-state index in [0.717, 1.165) is 47.1 Å². The predicted molar refractivity (Wildman–Crippen MR) is 153 cm³/mol. The number of nitrogens with zero attached hydrogens (tertiary/aromatic N) is 3. The largest absolute Gasteiger partial charge is 0.416 e. The second-order valence-electron chi connectivity index (χ2n) is 11.2. The number of nitrogens with one attached hydrogen (secondary N) is 1. The number of allylic oxidation sites excluding steroid dienone is 1. The third-order valence-electron chi connectivity index (χ3n) is 8.30. The van der Waals surface area contributed by atoms with Gasteiger partial charge in [0.2, 0.25) is 0 Å². The van der Waals surface area contributed by atoms with Gasteiger partial charge in [0.15, 0.2) is 5.78 Å². The van der Waals surface area contributed by atoms with Crippen LogP contribution in [0.15, 0.2) is 58.6 Å². The highest BCUT2D eigenvalue weighted by molar-refractivity contribution is 8.23. The first-order chi connectivity index (χ1) is 20.2. The lowest BCUT2D eigenvalue weighted by Crippen LogP contribution is -2.58. The fraction of sp³-hybridized carbons (Fsp3) is 0.400. The van der Waals surface area contributed by atoms with Crippen LogP contribution in [0.3, 0.4) is 0 Å². The molecule has 0 spiro atoms. The Bertz CT molecular complexity index is 1560. The molecule has 1 heterocycles. The Hall–Kier alpha value is -3.86. The van der Waals surface area contributed by atoms with Crippen LogP contribution in [0.2, 0.25) is 0 Å². The van der Waals surface area contributed by atoms with E-state index in [2.05, 4.69) is 5.32 Å². The van der Waals surface area contributed by atoms with Crippen molar-refractivity contribution in [1.82, 2.24) is 10.2 Å².